The molecular formula is C15H22BrN. The van der Waals surface area contributed by atoms with Crippen LogP contribution >= 0.6 is 15.9 Å². The molecule has 94 valence electrons. The summed E-state index contributed by atoms with van der Waals surface area (Å²) in [5.74, 6) is 0. The Morgan fingerprint density at radius 2 is 2.12 bits per heavy atom. The van der Waals surface area contributed by atoms with Gasteiger partial charge in [-0.15, -0.1) is 0 Å². The van der Waals surface area contributed by atoms with Crippen molar-refractivity contribution in [3.63, 3.8) is 0 Å². The second-order valence-electron chi connectivity index (χ2n) is 4.63. The second-order valence-corrected chi connectivity index (χ2v) is 5.48. The van der Waals surface area contributed by atoms with E-state index in [2.05, 4.69) is 73.2 Å². The molecule has 0 aromatic heterocycles. The number of benzene rings is 1. The molecule has 1 aromatic rings. The van der Waals surface area contributed by atoms with Crippen LogP contribution in [0.1, 0.15) is 44.4 Å². The third-order valence-electron chi connectivity index (χ3n) is 2.76. The molecule has 2 heteroatoms. The zero-order chi connectivity index (χ0) is 12.8. The standard InChI is InChI=1S/C15H22BrN/c1-5-9-17-15(10-11(2)3)13-7-6-8-14(16)12(13)4/h6-8,10,15,17H,5,9H2,1-4H3. The Morgan fingerprint density at radius 1 is 1.41 bits per heavy atom. The summed E-state index contributed by atoms with van der Waals surface area (Å²) in [7, 11) is 0. The average molecular weight is 296 g/mol. The van der Waals surface area contributed by atoms with Gasteiger partial charge in [-0.1, -0.05) is 46.6 Å². The molecule has 0 spiro atoms. The minimum Gasteiger partial charge on any atom is -0.307 e. The molecule has 0 heterocycles. The van der Waals surface area contributed by atoms with Crippen LogP contribution in [0.3, 0.4) is 0 Å². The lowest BCUT2D eigenvalue weighted by molar-refractivity contribution is 0.607. The summed E-state index contributed by atoms with van der Waals surface area (Å²) >= 11 is 3.60. The largest absolute Gasteiger partial charge is 0.307 e. The fourth-order valence-electron chi connectivity index (χ4n) is 1.85. The summed E-state index contributed by atoms with van der Waals surface area (Å²) in [5.41, 5.74) is 4.02. The Kier molecular flexibility index (Phi) is 5.93. The quantitative estimate of drug-likeness (QED) is 0.772. The van der Waals surface area contributed by atoms with Crippen molar-refractivity contribution in [2.75, 3.05) is 6.54 Å². The average Bonchev–Trinajstić information content (AvgIpc) is 2.28. The van der Waals surface area contributed by atoms with Crippen molar-refractivity contribution in [3.8, 4) is 0 Å². The molecule has 1 unspecified atom stereocenters. The minimum absolute atomic E-state index is 0.317. The number of hydrogen-bond acceptors (Lipinski definition) is 1. The minimum atomic E-state index is 0.317. The van der Waals surface area contributed by atoms with Gasteiger partial charge in [-0.3, -0.25) is 0 Å². The lowest BCUT2D eigenvalue weighted by Crippen LogP contribution is -2.21. The molecule has 0 aliphatic heterocycles. The van der Waals surface area contributed by atoms with E-state index >= 15 is 0 Å². The van der Waals surface area contributed by atoms with E-state index in [9.17, 15) is 0 Å². The maximum atomic E-state index is 3.60. The van der Waals surface area contributed by atoms with Gasteiger partial charge in [0.2, 0.25) is 0 Å². The predicted octanol–water partition coefficient (Wildman–Crippen LogP) is 4.76. The molecular weight excluding hydrogens is 274 g/mol. The number of allylic oxidation sites excluding steroid dienone is 1. The molecule has 17 heavy (non-hydrogen) atoms. The van der Waals surface area contributed by atoms with Crippen molar-refractivity contribution in [1.82, 2.24) is 5.32 Å². The van der Waals surface area contributed by atoms with Crippen molar-refractivity contribution in [3.05, 3.63) is 45.4 Å². The van der Waals surface area contributed by atoms with Gasteiger partial charge in [0.25, 0.3) is 0 Å². The Balaban J connectivity index is 3.03. The number of halogens is 1. The van der Waals surface area contributed by atoms with Gasteiger partial charge in [0.1, 0.15) is 0 Å². The molecule has 0 radical (unpaired) electrons. The van der Waals surface area contributed by atoms with Crippen LogP contribution in [-0.4, -0.2) is 6.54 Å². The molecule has 1 nitrogen and oxygen atoms in total. The van der Waals surface area contributed by atoms with Crippen LogP contribution in [-0.2, 0) is 0 Å². The zero-order valence-electron chi connectivity index (χ0n) is 11.2. The maximum absolute atomic E-state index is 3.60. The van der Waals surface area contributed by atoms with Crippen molar-refractivity contribution < 1.29 is 0 Å². The van der Waals surface area contributed by atoms with E-state index in [1.807, 2.05) is 0 Å². The van der Waals surface area contributed by atoms with Gasteiger partial charge in [0.15, 0.2) is 0 Å². The maximum Gasteiger partial charge on any atom is 0.0511 e. The van der Waals surface area contributed by atoms with Crippen LogP contribution in [0.25, 0.3) is 0 Å². The lowest BCUT2D eigenvalue weighted by Gasteiger charge is -2.19. The first-order valence-electron chi connectivity index (χ1n) is 6.19. The molecule has 1 aromatic carbocycles. The molecule has 0 amide bonds. The Bertz CT molecular complexity index is 392. The fourth-order valence-corrected chi connectivity index (χ4v) is 2.23. The van der Waals surface area contributed by atoms with Gasteiger partial charge >= 0.3 is 0 Å². The van der Waals surface area contributed by atoms with Crippen LogP contribution in [0.5, 0.6) is 0 Å². The predicted molar refractivity (Wildman–Crippen MR) is 79.3 cm³/mol. The second kappa shape index (κ2) is 6.97. The van der Waals surface area contributed by atoms with Crippen molar-refractivity contribution in [2.45, 2.75) is 40.2 Å². The van der Waals surface area contributed by atoms with Gasteiger partial charge in [0, 0.05) is 4.47 Å². The van der Waals surface area contributed by atoms with Gasteiger partial charge < -0.3 is 5.32 Å². The summed E-state index contributed by atoms with van der Waals surface area (Å²) in [5, 5.41) is 3.59. The third-order valence-corrected chi connectivity index (χ3v) is 3.62. The Labute approximate surface area is 113 Å². The van der Waals surface area contributed by atoms with Crippen molar-refractivity contribution >= 4 is 15.9 Å². The van der Waals surface area contributed by atoms with Gasteiger partial charge in [-0.2, -0.15) is 0 Å². The lowest BCUT2D eigenvalue weighted by atomic mass is 9.99. The van der Waals surface area contributed by atoms with Gasteiger partial charge in [0.05, 0.1) is 6.04 Å². The summed E-state index contributed by atoms with van der Waals surface area (Å²) in [4.78, 5) is 0. The normalized spacial score (nSPS) is 12.3. The molecule has 0 saturated carbocycles. The summed E-state index contributed by atoms with van der Waals surface area (Å²) in [6.07, 6.45) is 3.45. The highest BCUT2D eigenvalue weighted by molar-refractivity contribution is 9.10. The highest BCUT2D eigenvalue weighted by Crippen LogP contribution is 2.26. The topological polar surface area (TPSA) is 12.0 Å². The molecule has 0 fully saturated rings. The van der Waals surface area contributed by atoms with E-state index in [0.29, 0.717) is 6.04 Å². The fraction of sp³-hybridized carbons (Fsp3) is 0.467. The van der Waals surface area contributed by atoms with E-state index in [1.54, 1.807) is 0 Å². The van der Waals surface area contributed by atoms with Crippen LogP contribution in [0.4, 0.5) is 0 Å². The molecule has 0 aliphatic rings. The highest BCUT2D eigenvalue weighted by atomic mass is 79.9. The Hall–Kier alpha value is -0.600. The van der Waals surface area contributed by atoms with E-state index in [0.717, 1.165) is 13.0 Å². The zero-order valence-corrected chi connectivity index (χ0v) is 12.8. The van der Waals surface area contributed by atoms with Crippen molar-refractivity contribution in [1.29, 1.82) is 0 Å². The van der Waals surface area contributed by atoms with E-state index in [4.69, 9.17) is 0 Å². The van der Waals surface area contributed by atoms with Gasteiger partial charge in [-0.05, 0) is 50.9 Å². The third kappa shape index (κ3) is 4.29. The van der Waals surface area contributed by atoms with E-state index in [-0.39, 0.29) is 0 Å². The first-order chi connectivity index (χ1) is 8.06. The van der Waals surface area contributed by atoms with Crippen LogP contribution in [0, 0.1) is 6.92 Å². The molecule has 1 atom stereocenters. The summed E-state index contributed by atoms with van der Waals surface area (Å²) in [6, 6.07) is 6.72. The smallest absolute Gasteiger partial charge is 0.0511 e. The molecule has 0 bridgehead atoms. The highest BCUT2D eigenvalue weighted by Gasteiger charge is 2.11. The van der Waals surface area contributed by atoms with Crippen LogP contribution in [0.15, 0.2) is 34.3 Å². The van der Waals surface area contributed by atoms with Crippen molar-refractivity contribution in [2.24, 2.45) is 0 Å². The molecule has 1 rings (SSSR count). The number of rotatable bonds is 5. The van der Waals surface area contributed by atoms with Gasteiger partial charge in [-0.25, -0.2) is 0 Å². The first-order valence-corrected chi connectivity index (χ1v) is 6.99. The number of nitrogens with one attached hydrogen (secondary N) is 1. The van der Waals surface area contributed by atoms with Crippen LogP contribution < -0.4 is 5.32 Å². The SMILES string of the molecule is CCCNC(C=C(C)C)c1cccc(Br)c1C. The number of hydrogen-bond donors (Lipinski definition) is 1. The first kappa shape index (κ1) is 14.5. The van der Waals surface area contributed by atoms with E-state index < -0.39 is 0 Å². The monoisotopic (exact) mass is 295 g/mol. The molecule has 0 aliphatic carbocycles. The Morgan fingerprint density at radius 3 is 2.71 bits per heavy atom. The summed E-state index contributed by atoms with van der Waals surface area (Å²) < 4.78 is 1.18. The van der Waals surface area contributed by atoms with E-state index in [1.165, 1.54) is 21.2 Å². The van der Waals surface area contributed by atoms with Crippen LogP contribution in [0.2, 0.25) is 0 Å². The molecule has 0 saturated heterocycles. The summed E-state index contributed by atoms with van der Waals surface area (Å²) in [6.45, 7) is 9.70. The molecule has 1 N–H and O–H groups in total.